The number of aromatic amines is 1. The second kappa shape index (κ2) is 5.73. The molecule has 2 aromatic rings. The predicted octanol–water partition coefficient (Wildman–Crippen LogP) is 1.08. The Bertz CT molecular complexity index is 846. The number of benzene rings is 1. The number of anilines is 3. The SMILES string of the molecule is NC(=O)C1CC(=O)Nc2nc(Nc3ccc(Cl)cc3)[nH]c(=O)c21. The number of carbonyl (C=O) groups is 2. The average Bonchev–Trinajstić information content (AvgIpc) is 2.48. The average molecular weight is 334 g/mol. The lowest BCUT2D eigenvalue weighted by molar-refractivity contribution is -0.124. The topological polar surface area (TPSA) is 130 Å². The molecule has 0 saturated carbocycles. The highest BCUT2D eigenvalue weighted by molar-refractivity contribution is 6.30. The van der Waals surface area contributed by atoms with E-state index in [4.69, 9.17) is 17.3 Å². The highest BCUT2D eigenvalue weighted by Gasteiger charge is 2.33. The van der Waals surface area contributed by atoms with E-state index in [9.17, 15) is 14.4 Å². The minimum atomic E-state index is -0.986. The van der Waals surface area contributed by atoms with Crippen LogP contribution in [0.4, 0.5) is 17.5 Å². The monoisotopic (exact) mass is 333 g/mol. The maximum atomic E-state index is 12.2. The quantitative estimate of drug-likeness (QED) is 0.667. The summed E-state index contributed by atoms with van der Waals surface area (Å²) in [6.45, 7) is 0. The number of nitrogens with two attached hydrogens (primary N) is 1. The zero-order valence-corrected chi connectivity index (χ0v) is 12.5. The van der Waals surface area contributed by atoms with Gasteiger partial charge in [0.1, 0.15) is 5.82 Å². The number of halogens is 1. The number of nitrogens with one attached hydrogen (secondary N) is 3. The molecule has 9 heteroatoms. The molecule has 1 unspecified atom stereocenters. The highest BCUT2D eigenvalue weighted by Crippen LogP contribution is 2.28. The van der Waals surface area contributed by atoms with E-state index < -0.39 is 23.3 Å². The summed E-state index contributed by atoms with van der Waals surface area (Å²) in [7, 11) is 0. The largest absolute Gasteiger partial charge is 0.369 e. The van der Waals surface area contributed by atoms with Crippen molar-refractivity contribution in [2.75, 3.05) is 10.6 Å². The first-order valence-electron chi connectivity index (χ1n) is 6.70. The van der Waals surface area contributed by atoms with Crippen LogP contribution in [-0.4, -0.2) is 21.8 Å². The van der Waals surface area contributed by atoms with Gasteiger partial charge in [-0.05, 0) is 24.3 Å². The second-order valence-corrected chi connectivity index (χ2v) is 5.45. The molecule has 118 valence electrons. The summed E-state index contributed by atoms with van der Waals surface area (Å²) in [5.41, 5.74) is 5.44. The van der Waals surface area contributed by atoms with Gasteiger partial charge in [-0.15, -0.1) is 0 Å². The van der Waals surface area contributed by atoms with Crippen LogP contribution in [0, 0.1) is 0 Å². The molecule has 2 heterocycles. The Hall–Kier alpha value is -2.87. The Labute approximate surface area is 135 Å². The summed E-state index contributed by atoms with van der Waals surface area (Å²) in [5, 5.41) is 5.94. The van der Waals surface area contributed by atoms with E-state index in [1.807, 2.05) is 0 Å². The standard InChI is InChI=1S/C14H12ClN5O3/c15-6-1-3-7(4-2-6)17-14-19-12-10(13(23)20-14)8(11(16)22)5-9(21)18-12/h1-4,8H,5H2,(H2,16,22)(H3,17,18,19,20,21,23). The van der Waals surface area contributed by atoms with Crippen molar-refractivity contribution in [1.29, 1.82) is 0 Å². The van der Waals surface area contributed by atoms with Gasteiger partial charge in [0.25, 0.3) is 5.56 Å². The van der Waals surface area contributed by atoms with Crippen molar-refractivity contribution in [3.8, 4) is 0 Å². The number of rotatable bonds is 3. The van der Waals surface area contributed by atoms with E-state index in [1.165, 1.54) is 0 Å². The number of hydrogen-bond acceptors (Lipinski definition) is 5. The number of primary amides is 1. The molecule has 2 amide bonds. The zero-order chi connectivity index (χ0) is 16.6. The number of fused-ring (bicyclic) bond motifs is 1. The molecule has 1 aliphatic rings. The van der Waals surface area contributed by atoms with Crippen LogP contribution in [0.2, 0.25) is 5.02 Å². The molecular formula is C14H12ClN5O3. The lowest BCUT2D eigenvalue weighted by atomic mass is 9.93. The minimum Gasteiger partial charge on any atom is -0.369 e. The molecule has 5 N–H and O–H groups in total. The van der Waals surface area contributed by atoms with Crippen LogP contribution in [0.25, 0.3) is 0 Å². The van der Waals surface area contributed by atoms with Crippen LogP contribution >= 0.6 is 11.6 Å². The fourth-order valence-electron chi connectivity index (χ4n) is 2.34. The van der Waals surface area contributed by atoms with E-state index in [0.29, 0.717) is 10.7 Å². The Morgan fingerprint density at radius 1 is 1.30 bits per heavy atom. The Morgan fingerprint density at radius 2 is 2.00 bits per heavy atom. The molecule has 0 saturated heterocycles. The van der Waals surface area contributed by atoms with Crippen LogP contribution in [0.5, 0.6) is 0 Å². The summed E-state index contributed by atoms with van der Waals surface area (Å²) in [6.07, 6.45) is -0.170. The van der Waals surface area contributed by atoms with Gasteiger partial charge in [-0.1, -0.05) is 11.6 Å². The van der Waals surface area contributed by atoms with Crippen LogP contribution in [0.3, 0.4) is 0 Å². The van der Waals surface area contributed by atoms with Gasteiger partial charge in [-0.2, -0.15) is 4.98 Å². The molecule has 1 aromatic heterocycles. The molecule has 23 heavy (non-hydrogen) atoms. The van der Waals surface area contributed by atoms with E-state index in [2.05, 4.69) is 20.6 Å². The maximum absolute atomic E-state index is 12.2. The summed E-state index contributed by atoms with van der Waals surface area (Å²) >= 11 is 5.80. The normalized spacial score (nSPS) is 16.4. The molecule has 0 bridgehead atoms. The number of nitrogens with zero attached hydrogens (tertiary/aromatic N) is 1. The molecule has 0 aliphatic carbocycles. The lowest BCUT2D eigenvalue weighted by Gasteiger charge is -2.21. The fraction of sp³-hybridized carbons (Fsp3) is 0.143. The summed E-state index contributed by atoms with van der Waals surface area (Å²) < 4.78 is 0. The summed E-state index contributed by atoms with van der Waals surface area (Å²) in [5.74, 6) is -1.99. The molecule has 3 rings (SSSR count). The van der Waals surface area contributed by atoms with Gasteiger partial charge in [-0.3, -0.25) is 19.4 Å². The van der Waals surface area contributed by atoms with Crippen molar-refractivity contribution in [2.24, 2.45) is 5.73 Å². The molecule has 1 aliphatic heterocycles. The second-order valence-electron chi connectivity index (χ2n) is 5.02. The number of carbonyl (C=O) groups excluding carboxylic acids is 2. The molecule has 0 fully saturated rings. The van der Waals surface area contributed by atoms with Crippen molar-refractivity contribution < 1.29 is 9.59 Å². The first-order chi connectivity index (χ1) is 10.9. The van der Waals surface area contributed by atoms with Gasteiger partial charge < -0.3 is 16.4 Å². The van der Waals surface area contributed by atoms with Crippen molar-refractivity contribution in [3.05, 3.63) is 45.2 Å². The Balaban J connectivity index is 1.99. The predicted molar refractivity (Wildman–Crippen MR) is 84.8 cm³/mol. The number of aromatic nitrogens is 2. The number of H-pyrrole nitrogens is 1. The highest BCUT2D eigenvalue weighted by atomic mass is 35.5. The van der Waals surface area contributed by atoms with Crippen molar-refractivity contribution >= 4 is 40.9 Å². The molecule has 8 nitrogen and oxygen atoms in total. The fourth-order valence-corrected chi connectivity index (χ4v) is 2.47. The molecule has 1 aromatic carbocycles. The summed E-state index contributed by atoms with van der Waals surface area (Å²) in [6, 6.07) is 6.75. The van der Waals surface area contributed by atoms with Gasteiger partial charge in [0, 0.05) is 17.1 Å². The van der Waals surface area contributed by atoms with E-state index in [0.717, 1.165) is 0 Å². The van der Waals surface area contributed by atoms with Gasteiger partial charge in [0.15, 0.2) is 0 Å². The first kappa shape index (κ1) is 15.0. The van der Waals surface area contributed by atoms with Crippen LogP contribution < -0.4 is 21.9 Å². The number of amides is 2. The molecule has 1 atom stereocenters. The van der Waals surface area contributed by atoms with Crippen molar-refractivity contribution in [2.45, 2.75) is 12.3 Å². The van der Waals surface area contributed by atoms with E-state index in [-0.39, 0.29) is 23.8 Å². The lowest BCUT2D eigenvalue weighted by Crippen LogP contribution is -2.36. The third-order valence-electron chi connectivity index (χ3n) is 3.40. The Kier molecular flexibility index (Phi) is 3.75. The van der Waals surface area contributed by atoms with E-state index in [1.54, 1.807) is 24.3 Å². The number of hydrogen-bond donors (Lipinski definition) is 4. The van der Waals surface area contributed by atoms with Gasteiger partial charge in [0.2, 0.25) is 17.8 Å². The molecule has 0 radical (unpaired) electrons. The first-order valence-corrected chi connectivity index (χ1v) is 7.08. The van der Waals surface area contributed by atoms with E-state index >= 15 is 0 Å². The van der Waals surface area contributed by atoms with Crippen molar-refractivity contribution in [3.63, 3.8) is 0 Å². The zero-order valence-electron chi connectivity index (χ0n) is 11.7. The van der Waals surface area contributed by atoms with Crippen LogP contribution in [0.1, 0.15) is 17.9 Å². The Morgan fingerprint density at radius 3 is 2.65 bits per heavy atom. The molecular weight excluding hydrogens is 322 g/mol. The maximum Gasteiger partial charge on any atom is 0.258 e. The van der Waals surface area contributed by atoms with Crippen LogP contribution in [0.15, 0.2) is 29.1 Å². The van der Waals surface area contributed by atoms with Crippen molar-refractivity contribution in [1.82, 2.24) is 9.97 Å². The summed E-state index contributed by atoms with van der Waals surface area (Å²) in [4.78, 5) is 42.0. The third kappa shape index (κ3) is 3.02. The van der Waals surface area contributed by atoms with Gasteiger partial charge in [-0.25, -0.2) is 0 Å². The van der Waals surface area contributed by atoms with Gasteiger partial charge >= 0.3 is 0 Å². The van der Waals surface area contributed by atoms with Gasteiger partial charge in [0.05, 0.1) is 11.5 Å². The molecule has 0 spiro atoms. The van der Waals surface area contributed by atoms with Crippen LogP contribution in [-0.2, 0) is 9.59 Å². The third-order valence-corrected chi connectivity index (χ3v) is 3.65. The minimum absolute atomic E-state index is 0.0327. The smallest absolute Gasteiger partial charge is 0.258 e.